The summed E-state index contributed by atoms with van der Waals surface area (Å²) in [6.07, 6.45) is 1.49. The number of hydrogen-bond donors (Lipinski definition) is 2. The van der Waals surface area contributed by atoms with Crippen LogP contribution in [-0.4, -0.2) is 29.9 Å². The lowest BCUT2D eigenvalue weighted by molar-refractivity contribution is -0.113. The van der Waals surface area contributed by atoms with Gasteiger partial charge in [-0.15, -0.1) is 0 Å². The highest BCUT2D eigenvalue weighted by Gasteiger charge is 2.34. The molecule has 0 radical (unpaired) electrons. The molecule has 2 heterocycles. The Kier molecular flexibility index (Phi) is 5.33. The highest BCUT2D eigenvalue weighted by Crippen LogP contribution is 2.40. The molecule has 4 rings (SSSR count). The Balaban J connectivity index is 1.84. The van der Waals surface area contributed by atoms with Gasteiger partial charge < -0.3 is 20.1 Å². The molecule has 1 aromatic heterocycles. The number of carbonyl (C=O) groups excluding carboxylic acids is 1. The van der Waals surface area contributed by atoms with Gasteiger partial charge >= 0.3 is 0 Å². The second kappa shape index (κ2) is 8.24. The highest BCUT2D eigenvalue weighted by molar-refractivity contribution is 6.06. The van der Waals surface area contributed by atoms with Gasteiger partial charge in [-0.3, -0.25) is 4.79 Å². The molecule has 0 fully saturated rings. The number of nitriles is 1. The second-order valence-electron chi connectivity index (χ2n) is 6.96. The molecule has 0 aliphatic carbocycles. The lowest BCUT2D eigenvalue weighted by Gasteiger charge is -2.30. The predicted octanol–water partition coefficient (Wildman–Crippen LogP) is 3.70. The van der Waals surface area contributed by atoms with Gasteiger partial charge in [0.25, 0.3) is 5.91 Å². The first kappa shape index (κ1) is 20.0. The summed E-state index contributed by atoms with van der Waals surface area (Å²) in [6.45, 7) is 1.81. The fraction of sp³-hybridized carbons (Fsp3) is 0.174. The molecule has 0 spiro atoms. The first-order valence-electron chi connectivity index (χ1n) is 9.61. The smallest absolute Gasteiger partial charge is 0.255 e. The summed E-state index contributed by atoms with van der Waals surface area (Å²) in [5, 5.41) is 20.0. The zero-order valence-electron chi connectivity index (χ0n) is 17.3. The Morgan fingerprint density at radius 3 is 2.58 bits per heavy atom. The first-order valence-corrected chi connectivity index (χ1v) is 9.61. The fourth-order valence-corrected chi connectivity index (χ4v) is 3.68. The van der Waals surface area contributed by atoms with Gasteiger partial charge in [0.05, 0.1) is 26.0 Å². The van der Waals surface area contributed by atoms with Crippen LogP contribution in [0.3, 0.4) is 0 Å². The number of aromatic nitrogens is 2. The first-order chi connectivity index (χ1) is 15.1. The number of fused-ring (bicyclic) bond motifs is 1. The molecule has 1 amide bonds. The third-order valence-corrected chi connectivity index (χ3v) is 5.14. The predicted molar refractivity (Wildman–Crippen MR) is 116 cm³/mol. The molecule has 1 atom stereocenters. The number of nitrogens with one attached hydrogen (secondary N) is 2. The summed E-state index contributed by atoms with van der Waals surface area (Å²) in [5.41, 5.74) is 2.97. The van der Waals surface area contributed by atoms with E-state index in [0.717, 1.165) is 5.56 Å². The van der Waals surface area contributed by atoms with E-state index < -0.39 is 6.04 Å². The van der Waals surface area contributed by atoms with E-state index in [9.17, 15) is 10.1 Å². The van der Waals surface area contributed by atoms with Crippen LogP contribution in [0.5, 0.6) is 11.5 Å². The molecular weight excluding hydrogens is 394 g/mol. The van der Waals surface area contributed by atoms with Crippen molar-refractivity contribution >= 4 is 17.4 Å². The maximum absolute atomic E-state index is 13.4. The molecule has 31 heavy (non-hydrogen) atoms. The molecule has 1 aliphatic rings. The Hall–Kier alpha value is -4.25. The molecule has 0 saturated carbocycles. The number of rotatable bonds is 5. The minimum atomic E-state index is -0.568. The number of methoxy groups -OCH3 is 2. The van der Waals surface area contributed by atoms with E-state index in [0.29, 0.717) is 39.8 Å². The van der Waals surface area contributed by atoms with Crippen molar-refractivity contribution in [3.8, 4) is 17.6 Å². The van der Waals surface area contributed by atoms with Crippen LogP contribution >= 0.6 is 0 Å². The number of ether oxygens (including phenoxy) is 2. The maximum atomic E-state index is 13.4. The zero-order chi connectivity index (χ0) is 22.0. The van der Waals surface area contributed by atoms with Crippen molar-refractivity contribution in [2.24, 2.45) is 0 Å². The minimum absolute atomic E-state index is 0.268. The zero-order valence-corrected chi connectivity index (χ0v) is 17.3. The number of anilines is 2. The summed E-state index contributed by atoms with van der Waals surface area (Å²) in [5.74, 6) is 1.38. The number of allylic oxidation sites excluding steroid dienone is 1. The van der Waals surface area contributed by atoms with Crippen LogP contribution in [0.25, 0.3) is 0 Å². The SMILES string of the molecule is COc1ccc(C2C(C(=O)Nc3ccccc3)=C(C)Nc3c(C#N)cnn32)cc1OC. The third kappa shape index (κ3) is 3.57. The van der Waals surface area contributed by atoms with E-state index in [1.165, 1.54) is 6.20 Å². The third-order valence-electron chi connectivity index (χ3n) is 5.14. The van der Waals surface area contributed by atoms with Crippen LogP contribution in [0.15, 0.2) is 66.0 Å². The van der Waals surface area contributed by atoms with E-state index in [1.54, 1.807) is 25.0 Å². The Labute approximate surface area is 179 Å². The largest absolute Gasteiger partial charge is 0.493 e. The van der Waals surface area contributed by atoms with Gasteiger partial charge in [-0.2, -0.15) is 10.4 Å². The quantitative estimate of drug-likeness (QED) is 0.659. The molecule has 0 saturated heterocycles. The van der Waals surface area contributed by atoms with Gasteiger partial charge in [-0.05, 0) is 36.8 Å². The fourth-order valence-electron chi connectivity index (χ4n) is 3.68. The number of nitrogens with zero attached hydrogens (tertiary/aromatic N) is 3. The van der Waals surface area contributed by atoms with E-state index in [2.05, 4.69) is 21.8 Å². The van der Waals surface area contributed by atoms with Crippen LogP contribution in [0.2, 0.25) is 0 Å². The molecule has 2 N–H and O–H groups in total. The molecule has 1 unspecified atom stereocenters. The van der Waals surface area contributed by atoms with Gasteiger partial charge in [0.1, 0.15) is 23.5 Å². The van der Waals surface area contributed by atoms with Gasteiger partial charge in [0.15, 0.2) is 11.5 Å². The van der Waals surface area contributed by atoms with E-state index in [4.69, 9.17) is 9.47 Å². The lowest BCUT2D eigenvalue weighted by Crippen LogP contribution is -2.31. The van der Waals surface area contributed by atoms with Crippen molar-refractivity contribution in [3.63, 3.8) is 0 Å². The van der Waals surface area contributed by atoms with Crippen molar-refractivity contribution in [3.05, 3.63) is 77.1 Å². The molecule has 3 aromatic rings. The second-order valence-corrected chi connectivity index (χ2v) is 6.96. The molecule has 0 bridgehead atoms. The average Bonchev–Trinajstić information content (AvgIpc) is 3.20. The number of amides is 1. The molecule has 8 heteroatoms. The summed E-state index contributed by atoms with van der Waals surface area (Å²) < 4.78 is 12.5. The number of carbonyl (C=O) groups is 1. The molecule has 156 valence electrons. The highest BCUT2D eigenvalue weighted by atomic mass is 16.5. The average molecular weight is 415 g/mol. The molecular formula is C23H21N5O3. The number of benzene rings is 2. The normalized spacial score (nSPS) is 14.8. The summed E-state index contributed by atoms with van der Waals surface area (Å²) in [6, 6.07) is 16.3. The Bertz CT molecular complexity index is 1210. The van der Waals surface area contributed by atoms with Crippen LogP contribution in [0, 0.1) is 11.3 Å². The van der Waals surface area contributed by atoms with Crippen LogP contribution in [-0.2, 0) is 4.79 Å². The summed E-state index contributed by atoms with van der Waals surface area (Å²) in [7, 11) is 3.12. The van der Waals surface area contributed by atoms with Crippen molar-refractivity contribution in [2.45, 2.75) is 13.0 Å². The molecule has 2 aromatic carbocycles. The van der Waals surface area contributed by atoms with E-state index in [-0.39, 0.29) is 5.91 Å². The summed E-state index contributed by atoms with van der Waals surface area (Å²) in [4.78, 5) is 13.4. The maximum Gasteiger partial charge on any atom is 0.255 e. The number of para-hydroxylation sites is 1. The standard InChI is InChI=1S/C23H21N5O3/c1-14-20(23(29)27-17-7-5-4-6-8-17)21(28-22(26-14)16(12-24)13-25-28)15-9-10-18(30-2)19(11-15)31-3/h4-11,13,21,26H,1-3H3,(H,27,29). The van der Waals surface area contributed by atoms with Crippen molar-refractivity contribution in [2.75, 3.05) is 24.9 Å². The van der Waals surface area contributed by atoms with Crippen molar-refractivity contribution in [1.29, 1.82) is 5.26 Å². The lowest BCUT2D eigenvalue weighted by atomic mass is 9.94. The molecule has 1 aliphatic heterocycles. The van der Waals surface area contributed by atoms with Gasteiger partial charge in [0.2, 0.25) is 0 Å². The Morgan fingerprint density at radius 1 is 1.16 bits per heavy atom. The topological polar surface area (TPSA) is 101 Å². The van der Waals surface area contributed by atoms with Crippen molar-refractivity contribution in [1.82, 2.24) is 9.78 Å². The van der Waals surface area contributed by atoms with Crippen LogP contribution in [0.1, 0.15) is 24.1 Å². The summed E-state index contributed by atoms with van der Waals surface area (Å²) >= 11 is 0. The van der Waals surface area contributed by atoms with Crippen LogP contribution in [0.4, 0.5) is 11.5 Å². The van der Waals surface area contributed by atoms with Crippen LogP contribution < -0.4 is 20.1 Å². The monoisotopic (exact) mass is 415 g/mol. The Morgan fingerprint density at radius 2 is 1.90 bits per heavy atom. The van der Waals surface area contributed by atoms with E-state index >= 15 is 0 Å². The van der Waals surface area contributed by atoms with Gasteiger partial charge in [0, 0.05) is 11.4 Å². The number of hydrogen-bond acceptors (Lipinski definition) is 6. The molecule has 8 nitrogen and oxygen atoms in total. The van der Waals surface area contributed by atoms with Gasteiger partial charge in [-0.1, -0.05) is 24.3 Å². The minimum Gasteiger partial charge on any atom is -0.493 e. The van der Waals surface area contributed by atoms with E-state index in [1.807, 2.05) is 49.4 Å². The van der Waals surface area contributed by atoms with Crippen molar-refractivity contribution < 1.29 is 14.3 Å². The van der Waals surface area contributed by atoms with Gasteiger partial charge in [-0.25, -0.2) is 4.68 Å².